The summed E-state index contributed by atoms with van der Waals surface area (Å²) in [5, 5.41) is 4.01. The van der Waals surface area contributed by atoms with Gasteiger partial charge in [-0.25, -0.2) is 0 Å². The first-order valence-electron chi connectivity index (χ1n) is 13.9. The third kappa shape index (κ3) is 5.36. The number of amides is 1. The van der Waals surface area contributed by atoms with Crippen molar-refractivity contribution in [3.8, 4) is 0 Å². The highest BCUT2D eigenvalue weighted by atomic mass is 79.9. The van der Waals surface area contributed by atoms with Crippen LogP contribution in [0.5, 0.6) is 0 Å². The molecule has 41 heavy (non-hydrogen) atoms. The molecule has 1 aliphatic rings. The monoisotopic (exact) mass is 598 g/mol. The Morgan fingerprint density at radius 3 is 1.63 bits per heavy atom. The van der Waals surface area contributed by atoms with Gasteiger partial charge in [0.25, 0.3) is 5.91 Å². The molecule has 5 aromatic rings. The minimum absolute atomic E-state index is 0.0188. The van der Waals surface area contributed by atoms with Gasteiger partial charge in [0.2, 0.25) is 0 Å². The first-order chi connectivity index (χ1) is 20.2. The number of nitrogens with zero attached hydrogens (tertiary/aromatic N) is 1. The van der Waals surface area contributed by atoms with Crippen LogP contribution in [0, 0.1) is 0 Å². The zero-order chi connectivity index (χ0) is 28.1. The van der Waals surface area contributed by atoms with E-state index >= 15 is 0 Å². The molecule has 0 bridgehead atoms. The van der Waals surface area contributed by atoms with Crippen LogP contribution < -0.4 is 5.32 Å². The van der Waals surface area contributed by atoms with Gasteiger partial charge in [-0.3, -0.25) is 4.79 Å². The van der Waals surface area contributed by atoms with Crippen molar-refractivity contribution in [2.45, 2.75) is 18.5 Å². The van der Waals surface area contributed by atoms with E-state index < -0.39 is 5.54 Å². The van der Waals surface area contributed by atoms with Gasteiger partial charge in [-0.15, -0.1) is 0 Å². The number of carbonyl (C=O) groups excluding carboxylic acids is 1. The molecule has 3 nitrogen and oxygen atoms in total. The molecule has 0 saturated carbocycles. The summed E-state index contributed by atoms with van der Waals surface area (Å²) in [5.74, 6) is 0.0188. The fourth-order valence-electron chi connectivity index (χ4n) is 5.77. The molecule has 5 aromatic carbocycles. The van der Waals surface area contributed by atoms with Crippen LogP contribution in [0.2, 0.25) is 0 Å². The number of halogens is 1. The average Bonchev–Trinajstić information content (AvgIpc) is 3.04. The Labute approximate surface area is 250 Å². The Balaban J connectivity index is 1.46. The number of hydrogen-bond acceptors (Lipinski definition) is 2. The summed E-state index contributed by atoms with van der Waals surface area (Å²) in [4.78, 5) is 15.5. The minimum Gasteiger partial charge on any atom is -0.367 e. The maximum atomic E-state index is 13.6. The molecule has 202 valence electrons. The molecule has 0 aliphatic carbocycles. The highest BCUT2D eigenvalue weighted by molar-refractivity contribution is 9.12. The van der Waals surface area contributed by atoms with Gasteiger partial charge >= 0.3 is 0 Å². The van der Waals surface area contributed by atoms with Crippen molar-refractivity contribution in [3.05, 3.63) is 178 Å². The Bertz CT molecular complexity index is 1550. The lowest BCUT2D eigenvalue weighted by atomic mass is 9.76. The highest BCUT2D eigenvalue weighted by Gasteiger charge is 2.37. The molecule has 1 aliphatic heterocycles. The first-order valence-corrected chi connectivity index (χ1v) is 14.7. The maximum Gasteiger partial charge on any atom is 0.261 e. The summed E-state index contributed by atoms with van der Waals surface area (Å²) < 4.78 is 0.624. The summed E-state index contributed by atoms with van der Waals surface area (Å²) in [7, 11) is 0. The molecule has 0 saturated heterocycles. The zero-order valence-electron chi connectivity index (χ0n) is 22.7. The number of nitrogens with one attached hydrogen (secondary N) is 1. The van der Waals surface area contributed by atoms with Crippen molar-refractivity contribution in [1.29, 1.82) is 0 Å². The van der Waals surface area contributed by atoms with Crippen molar-refractivity contribution >= 4 is 33.1 Å². The number of rotatable bonds is 8. The summed E-state index contributed by atoms with van der Waals surface area (Å²) in [6, 6.07) is 50.2. The normalized spacial score (nSPS) is 13.8. The van der Waals surface area contributed by atoms with E-state index in [2.05, 4.69) is 143 Å². The molecule has 1 amide bonds. The molecule has 0 radical (unpaired) electrons. The fraction of sp³-hybridized carbons (Fsp3) is 0.108. The van der Waals surface area contributed by atoms with Crippen molar-refractivity contribution in [2.24, 2.45) is 0 Å². The van der Waals surface area contributed by atoms with Gasteiger partial charge in [0.15, 0.2) is 0 Å². The van der Waals surface area contributed by atoms with Gasteiger partial charge < -0.3 is 10.2 Å². The van der Waals surface area contributed by atoms with Gasteiger partial charge in [-0.2, -0.15) is 0 Å². The number of para-hydroxylation sites is 1. The molecule has 6 rings (SSSR count). The topological polar surface area (TPSA) is 32.3 Å². The molecule has 0 spiro atoms. The Morgan fingerprint density at radius 1 is 0.634 bits per heavy atom. The Kier molecular flexibility index (Phi) is 7.84. The molecular formula is C37H31BrN2O. The molecule has 1 N–H and O–H groups in total. The van der Waals surface area contributed by atoms with Crippen molar-refractivity contribution in [2.75, 3.05) is 11.9 Å². The highest BCUT2D eigenvalue weighted by Crippen LogP contribution is 2.43. The third-order valence-electron chi connectivity index (χ3n) is 7.78. The second-order valence-corrected chi connectivity index (χ2v) is 11.1. The van der Waals surface area contributed by atoms with Crippen molar-refractivity contribution in [3.63, 3.8) is 0 Å². The summed E-state index contributed by atoms with van der Waals surface area (Å²) in [6.07, 6.45) is 0.757. The van der Waals surface area contributed by atoms with Crippen LogP contribution in [0.15, 0.2) is 150 Å². The number of hydrogen-bond donors (Lipinski definition) is 1. The van der Waals surface area contributed by atoms with Crippen LogP contribution >= 0.6 is 15.9 Å². The van der Waals surface area contributed by atoms with E-state index in [0.717, 1.165) is 45.5 Å². The maximum absolute atomic E-state index is 13.6. The molecule has 0 fully saturated rings. The van der Waals surface area contributed by atoms with Crippen molar-refractivity contribution in [1.82, 2.24) is 4.90 Å². The molecule has 1 heterocycles. The zero-order valence-corrected chi connectivity index (χ0v) is 24.3. The largest absolute Gasteiger partial charge is 0.367 e. The van der Waals surface area contributed by atoms with E-state index in [4.69, 9.17) is 0 Å². The quantitative estimate of drug-likeness (QED) is 0.181. The molecule has 0 aromatic heterocycles. The van der Waals surface area contributed by atoms with E-state index in [1.165, 1.54) is 0 Å². The van der Waals surface area contributed by atoms with Gasteiger partial charge in [0.1, 0.15) is 5.54 Å². The van der Waals surface area contributed by atoms with E-state index in [1.807, 2.05) is 29.2 Å². The number of anilines is 1. The first kappa shape index (κ1) is 26.8. The second-order valence-electron chi connectivity index (χ2n) is 10.3. The summed E-state index contributed by atoms with van der Waals surface area (Å²) >= 11 is 3.72. The van der Waals surface area contributed by atoms with E-state index in [1.54, 1.807) is 0 Å². The molecule has 0 atom stereocenters. The SMILES string of the molecule is O=C1C(Br)=C(c2ccccc2NC(c2ccccc2)(c2ccccc2)c2ccccc2)CCN1Cc1ccccc1. The fourth-order valence-corrected chi connectivity index (χ4v) is 6.43. The van der Waals surface area contributed by atoms with E-state index in [-0.39, 0.29) is 5.91 Å². The van der Waals surface area contributed by atoms with Crippen LogP contribution in [-0.2, 0) is 16.9 Å². The lowest BCUT2D eigenvalue weighted by Gasteiger charge is -2.39. The second kappa shape index (κ2) is 12.0. The Hall–Kier alpha value is -4.41. The number of benzene rings is 5. The van der Waals surface area contributed by atoms with Gasteiger partial charge in [-0.1, -0.05) is 140 Å². The standard InChI is InChI=1S/C37H31BrN2O/c38-35-33(25-26-40(36(35)41)27-28-15-5-1-6-16-28)32-23-13-14-24-34(32)39-37(29-17-7-2-8-18-29,30-19-9-3-10-20-30)31-21-11-4-12-22-31/h1-24,39H,25-27H2. The molecular weight excluding hydrogens is 568 g/mol. The predicted octanol–water partition coefficient (Wildman–Crippen LogP) is 8.63. The number of carbonyl (C=O) groups is 1. The third-order valence-corrected chi connectivity index (χ3v) is 8.60. The minimum atomic E-state index is -0.662. The van der Waals surface area contributed by atoms with Crippen LogP contribution in [-0.4, -0.2) is 17.4 Å². The smallest absolute Gasteiger partial charge is 0.261 e. The van der Waals surface area contributed by atoms with Crippen LogP contribution in [0.4, 0.5) is 5.69 Å². The molecule has 0 unspecified atom stereocenters. The predicted molar refractivity (Wildman–Crippen MR) is 172 cm³/mol. The van der Waals surface area contributed by atoms with E-state index in [9.17, 15) is 4.79 Å². The van der Waals surface area contributed by atoms with Crippen LogP contribution in [0.3, 0.4) is 0 Å². The summed E-state index contributed by atoms with van der Waals surface area (Å²) in [6.45, 7) is 1.26. The van der Waals surface area contributed by atoms with Crippen LogP contribution in [0.25, 0.3) is 5.57 Å². The summed E-state index contributed by atoms with van der Waals surface area (Å²) in [5.41, 5.74) is 6.89. The van der Waals surface area contributed by atoms with Crippen LogP contribution in [0.1, 0.15) is 34.2 Å². The van der Waals surface area contributed by atoms with Crippen molar-refractivity contribution < 1.29 is 4.79 Å². The average molecular weight is 600 g/mol. The lowest BCUT2D eigenvalue weighted by Crippen LogP contribution is -2.38. The van der Waals surface area contributed by atoms with Gasteiger partial charge in [-0.05, 0) is 56.2 Å². The lowest BCUT2D eigenvalue weighted by molar-refractivity contribution is -0.127. The van der Waals surface area contributed by atoms with Gasteiger partial charge in [0.05, 0.1) is 4.48 Å². The molecule has 4 heteroatoms. The van der Waals surface area contributed by atoms with Gasteiger partial charge in [0, 0.05) is 24.3 Å². The van der Waals surface area contributed by atoms with E-state index in [0.29, 0.717) is 17.6 Å². The Morgan fingerprint density at radius 2 is 1.10 bits per heavy atom.